The summed E-state index contributed by atoms with van der Waals surface area (Å²) in [6, 6.07) is 23.7. The van der Waals surface area contributed by atoms with Crippen molar-refractivity contribution < 1.29 is 9.15 Å². The maximum Gasteiger partial charge on any atom is 0.336 e. The van der Waals surface area contributed by atoms with Crippen molar-refractivity contribution in [3.05, 3.63) is 94.3 Å². The summed E-state index contributed by atoms with van der Waals surface area (Å²) in [5, 5.41) is 0.916. The lowest BCUT2D eigenvalue weighted by molar-refractivity contribution is 0.289. The molecular weight excluding hydrogens is 350 g/mol. The van der Waals surface area contributed by atoms with E-state index < -0.39 is 0 Å². The maximum atomic E-state index is 12.3. The third kappa shape index (κ3) is 2.83. The maximum absolute atomic E-state index is 12.3. The number of fused-ring (bicyclic) bond motifs is 3. The Balaban J connectivity index is 1.67. The Morgan fingerprint density at radius 1 is 0.929 bits per heavy atom. The van der Waals surface area contributed by atoms with Crippen molar-refractivity contribution in [1.29, 1.82) is 0 Å². The minimum Gasteiger partial charge on any atom is -0.473 e. The second-order valence-corrected chi connectivity index (χ2v) is 7.07. The second-order valence-electron chi connectivity index (χ2n) is 7.07. The predicted octanol–water partition coefficient (Wildman–Crippen LogP) is 5.12. The molecule has 5 rings (SSSR count). The summed E-state index contributed by atoms with van der Waals surface area (Å²) in [5.41, 5.74) is 5.30. The van der Waals surface area contributed by atoms with Crippen molar-refractivity contribution >= 4 is 16.7 Å². The van der Waals surface area contributed by atoms with Gasteiger partial charge in [0.2, 0.25) is 0 Å². The van der Waals surface area contributed by atoms with Gasteiger partial charge in [-0.2, -0.15) is 0 Å². The van der Waals surface area contributed by atoms with Crippen LogP contribution >= 0.6 is 0 Å². The first-order valence-corrected chi connectivity index (χ1v) is 9.28. The molecule has 28 heavy (non-hydrogen) atoms. The zero-order valence-corrected chi connectivity index (χ0v) is 15.5. The van der Waals surface area contributed by atoms with E-state index in [4.69, 9.17) is 9.15 Å². The zero-order valence-electron chi connectivity index (χ0n) is 15.5. The summed E-state index contributed by atoms with van der Waals surface area (Å²) in [6.07, 6.45) is 0. The lowest BCUT2D eigenvalue weighted by Gasteiger charge is -2.31. The number of hydrogen-bond acceptors (Lipinski definition) is 4. The van der Waals surface area contributed by atoms with Crippen molar-refractivity contribution in [2.24, 2.45) is 0 Å². The Labute approximate surface area is 162 Å². The Morgan fingerprint density at radius 2 is 1.79 bits per heavy atom. The van der Waals surface area contributed by atoms with Crippen LogP contribution in [0.25, 0.3) is 22.1 Å². The van der Waals surface area contributed by atoms with Crippen LogP contribution in [0.15, 0.2) is 82.0 Å². The fourth-order valence-electron chi connectivity index (χ4n) is 3.78. The minimum absolute atomic E-state index is 0.354. The van der Waals surface area contributed by atoms with Crippen LogP contribution in [0.3, 0.4) is 0 Å². The van der Waals surface area contributed by atoms with Crippen LogP contribution < -0.4 is 15.3 Å². The van der Waals surface area contributed by atoms with Crippen LogP contribution in [-0.4, -0.2) is 6.73 Å². The largest absolute Gasteiger partial charge is 0.473 e. The second kappa shape index (κ2) is 6.57. The fraction of sp³-hybridized carbons (Fsp3) is 0.125. The van der Waals surface area contributed by atoms with E-state index in [-0.39, 0.29) is 5.63 Å². The first-order valence-electron chi connectivity index (χ1n) is 9.28. The molecule has 0 N–H and O–H groups in total. The number of rotatable bonds is 2. The Morgan fingerprint density at radius 3 is 2.61 bits per heavy atom. The van der Waals surface area contributed by atoms with E-state index in [1.54, 1.807) is 6.07 Å². The molecule has 1 aromatic heterocycles. The van der Waals surface area contributed by atoms with E-state index in [0.29, 0.717) is 18.9 Å². The number of nitrogens with zero attached hydrogens (tertiary/aromatic N) is 1. The van der Waals surface area contributed by atoms with Gasteiger partial charge in [0, 0.05) is 17.1 Å². The van der Waals surface area contributed by atoms with E-state index in [0.717, 1.165) is 33.5 Å². The summed E-state index contributed by atoms with van der Waals surface area (Å²) in [4.78, 5) is 14.5. The third-order valence-corrected chi connectivity index (χ3v) is 5.15. The van der Waals surface area contributed by atoms with Gasteiger partial charge < -0.3 is 14.1 Å². The predicted molar refractivity (Wildman–Crippen MR) is 111 cm³/mol. The standard InChI is InChI=1S/C24H19NO3/c1-16-6-5-9-18(12-16)25-14-21-22(27-15-25)11-10-19-20(13-23(26)28-24(19)21)17-7-3-2-4-8-17/h2-13H,14-15H2,1H3. The molecule has 3 aromatic carbocycles. The monoisotopic (exact) mass is 369 g/mol. The highest BCUT2D eigenvalue weighted by atomic mass is 16.5. The Bertz CT molecular complexity index is 1230. The van der Waals surface area contributed by atoms with Crippen molar-refractivity contribution in [3.8, 4) is 16.9 Å². The van der Waals surface area contributed by atoms with Crippen LogP contribution in [0.1, 0.15) is 11.1 Å². The number of ether oxygens (including phenoxy) is 1. The van der Waals surface area contributed by atoms with E-state index >= 15 is 0 Å². The first-order chi connectivity index (χ1) is 13.7. The number of benzene rings is 3. The van der Waals surface area contributed by atoms with Gasteiger partial charge in [0.15, 0.2) is 6.73 Å². The molecule has 0 saturated carbocycles. The molecule has 1 aliphatic rings. The van der Waals surface area contributed by atoms with Crippen LogP contribution in [0.2, 0.25) is 0 Å². The van der Waals surface area contributed by atoms with Gasteiger partial charge in [0.25, 0.3) is 0 Å². The third-order valence-electron chi connectivity index (χ3n) is 5.15. The van der Waals surface area contributed by atoms with Gasteiger partial charge in [0.1, 0.15) is 11.3 Å². The van der Waals surface area contributed by atoms with Gasteiger partial charge in [-0.25, -0.2) is 4.79 Å². The lowest BCUT2D eigenvalue weighted by Crippen LogP contribution is -2.32. The molecule has 4 heteroatoms. The van der Waals surface area contributed by atoms with Crippen LogP contribution in [0, 0.1) is 6.92 Å². The number of aryl methyl sites for hydroxylation is 1. The van der Waals surface area contributed by atoms with Crippen LogP contribution in [-0.2, 0) is 6.54 Å². The van der Waals surface area contributed by atoms with Crippen molar-refractivity contribution in [1.82, 2.24) is 0 Å². The highest BCUT2D eigenvalue weighted by Gasteiger charge is 2.23. The van der Waals surface area contributed by atoms with Gasteiger partial charge in [-0.05, 0) is 47.9 Å². The van der Waals surface area contributed by atoms with Crippen molar-refractivity contribution in [2.45, 2.75) is 13.5 Å². The summed E-state index contributed by atoms with van der Waals surface area (Å²) in [5.74, 6) is 0.768. The van der Waals surface area contributed by atoms with Gasteiger partial charge >= 0.3 is 5.63 Å². The number of hydrogen-bond donors (Lipinski definition) is 0. The van der Waals surface area contributed by atoms with Gasteiger partial charge in [-0.15, -0.1) is 0 Å². The lowest BCUT2D eigenvalue weighted by atomic mass is 9.99. The molecule has 138 valence electrons. The quantitative estimate of drug-likeness (QED) is 0.460. The van der Waals surface area contributed by atoms with E-state index in [1.807, 2.05) is 48.5 Å². The minimum atomic E-state index is -0.354. The smallest absolute Gasteiger partial charge is 0.336 e. The van der Waals surface area contributed by atoms with E-state index in [2.05, 4.69) is 30.0 Å². The molecule has 0 atom stereocenters. The van der Waals surface area contributed by atoms with Gasteiger partial charge in [-0.1, -0.05) is 42.5 Å². The highest BCUT2D eigenvalue weighted by molar-refractivity contribution is 5.96. The van der Waals surface area contributed by atoms with Crippen LogP contribution in [0.5, 0.6) is 5.75 Å². The summed E-state index contributed by atoms with van der Waals surface area (Å²) >= 11 is 0. The van der Waals surface area contributed by atoms with Crippen molar-refractivity contribution in [2.75, 3.05) is 11.6 Å². The summed E-state index contributed by atoms with van der Waals surface area (Å²) in [6.45, 7) is 3.16. The number of anilines is 1. The van der Waals surface area contributed by atoms with E-state index in [9.17, 15) is 4.79 Å². The average molecular weight is 369 g/mol. The molecule has 0 fully saturated rings. The molecule has 0 bridgehead atoms. The van der Waals surface area contributed by atoms with E-state index in [1.165, 1.54) is 5.56 Å². The molecule has 4 nitrogen and oxygen atoms in total. The summed E-state index contributed by atoms with van der Waals surface area (Å²) < 4.78 is 11.7. The SMILES string of the molecule is Cc1cccc(N2COc3ccc4c(-c5ccccc5)cc(=O)oc4c3C2)c1. The first kappa shape index (κ1) is 16.6. The molecular formula is C24H19NO3. The fourth-order valence-corrected chi connectivity index (χ4v) is 3.78. The average Bonchev–Trinajstić information content (AvgIpc) is 2.73. The van der Waals surface area contributed by atoms with Crippen LogP contribution in [0.4, 0.5) is 5.69 Å². The van der Waals surface area contributed by atoms with Gasteiger partial charge in [-0.3, -0.25) is 0 Å². The topological polar surface area (TPSA) is 42.7 Å². The molecule has 1 aliphatic heterocycles. The molecule has 4 aromatic rings. The Hall–Kier alpha value is -3.53. The normalized spacial score (nSPS) is 13.2. The molecule has 2 heterocycles. The zero-order chi connectivity index (χ0) is 19.1. The van der Waals surface area contributed by atoms with Crippen molar-refractivity contribution in [3.63, 3.8) is 0 Å². The molecule has 0 radical (unpaired) electrons. The molecule has 0 saturated heterocycles. The Kier molecular flexibility index (Phi) is 3.90. The molecule has 0 amide bonds. The molecule has 0 aliphatic carbocycles. The summed E-state index contributed by atoms with van der Waals surface area (Å²) in [7, 11) is 0. The molecule has 0 unspecified atom stereocenters. The van der Waals surface area contributed by atoms with Gasteiger partial charge in [0.05, 0.1) is 12.1 Å². The molecule has 0 spiro atoms. The highest BCUT2D eigenvalue weighted by Crippen LogP contribution is 2.37.